The fraction of sp³-hybridized carbons (Fsp3) is 0.250. The van der Waals surface area contributed by atoms with E-state index in [0.29, 0.717) is 5.56 Å². The van der Waals surface area contributed by atoms with Crippen LogP contribution in [0.15, 0.2) is 42.5 Å². The number of esters is 2. The van der Waals surface area contributed by atoms with Crippen molar-refractivity contribution in [1.29, 1.82) is 0 Å². The van der Waals surface area contributed by atoms with Crippen LogP contribution >= 0.6 is 0 Å². The second-order valence-electron chi connectivity index (χ2n) is 4.57. The smallest absolute Gasteiger partial charge is 0.332 e. The van der Waals surface area contributed by atoms with Gasteiger partial charge < -0.3 is 20.1 Å². The second kappa shape index (κ2) is 9.78. The van der Waals surface area contributed by atoms with E-state index in [4.69, 9.17) is 0 Å². The van der Waals surface area contributed by atoms with Crippen molar-refractivity contribution in [2.45, 2.75) is 13.0 Å². The van der Waals surface area contributed by atoms with E-state index in [1.807, 2.05) is 0 Å². The summed E-state index contributed by atoms with van der Waals surface area (Å²) in [7, 11) is 1.17. The SMILES string of the molecule is COC(=O)/C=C/C(=O)OCNC(=O)[C@H](C)NC(=O)c1ccccc1. The molecule has 1 aromatic rings. The van der Waals surface area contributed by atoms with E-state index in [0.717, 1.165) is 12.2 Å². The largest absolute Gasteiger partial charge is 0.466 e. The van der Waals surface area contributed by atoms with Crippen LogP contribution in [0, 0.1) is 0 Å². The quantitative estimate of drug-likeness (QED) is 0.417. The van der Waals surface area contributed by atoms with Gasteiger partial charge in [0.15, 0.2) is 6.73 Å². The predicted molar refractivity (Wildman–Crippen MR) is 83.6 cm³/mol. The van der Waals surface area contributed by atoms with Crippen molar-refractivity contribution in [2.75, 3.05) is 13.8 Å². The first kappa shape index (κ1) is 18.9. The first-order chi connectivity index (χ1) is 11.4. The average Bonchev–Trinajstić information content (AvgIpc) is 2.60. The average molecular weight is 334 g/mol. The van der Waals surface area contributed by atoms with Crippen molar-refractivity contribution in [2.24, 2.45) is 0 Å². The molecule has 24 heavy (non-hydrogen) atoms. The minimum atomic E-state index is -0.818. The number of rotatable bonds is 7. The molecule has 0 bridgehead atoms. The molecule has 2 amide bonds. The minimum Gasteiger partial charge on any atom is -0.466 e. The molecular formula is C16H18N2O6. The summed E-state index contributed by atoms with van der Waals surface area (Å²) < 4.78 is 8.97. The van der Waals surface area contributed by atoms with Crippen molar-refractivity contribution in [3.63, 3.8) is 0 Å². The number of amides is 2. The zero-order valence-electron chi connectivity index (χ0n) is 13.3. The van der Waals surface area contributed by atoms with Crippen LogP contribution in [0.2, 0.25) is 0 Å². The monoisotopic (exact) mass is 334 g/mol. The Hall–Kier alpha value is -3.16. The number of methoxy groups -OCH3 is 1. The molecule has 1 rings (SSSR count). The molecule has 0 heterocycles. The summed E-state index contributed by atoms with van der Waals surface area (Å²) in [5, 5.41) is 4.84. The molecule has 0 fully saturated rings. The molecule has 0 saturated carbocycles. The second-order valence-corrected chi connectivity index (χ2v) is 4.57. The number of hydrogen-bond donors (Lipinski definition) is 2. The third kappa shape index (κ3) is 6.73. The van der Waals surface area contributed by atoms with Crippen LogP contribution in [-0.2, 0) is 23.9 Å². The first-order valence-corrected chi connectivity index (χ1v) is 7.00. The van der Waals surface area contributed by atoms with E-state index in [2.05, 4.69) is 20.1 Å². The molecule has 0 aromatic heterocycles. The maximum absolute atomic E-state index is 11.9. The summed E-state index contributed by atoms with van der Waals surface area (Å²) in [6, 6.07) is 7.62. The van der Waals surface area contributed by atoms with Gasteiger partial charge in [-0.2, -0.15) is 0 Å². The summed E-state index contributed by atoms with van der Waals surface area (Å²) in [5.74, 6) is -2.44. The molecule has 0 spiro atoms. The fourth-order valence-electron chi connectivity index (χ4n) is 1.52. The Morgan fingerprint density at radius 2 is 1.71 bits per heavy atom. The summed E-state index contributed by atoms with van der Waals surface area (Å²) in [6.07, 6.45) is 1.77. The standard InChI is InChI=1S/C16H18N2O6/c1-11(18-16(22)12-6-4-3-5-7-12)15(21)17-10-24-14(20)9-8-13(19)23-2/h3-9,11H,10H2,1-2H3,(H,17,21)(H,18,22)/b9-8+/t11-/m0/s1. The van der Waals surface area contributed by atoms with E-state index in [1.54, 1.807) is 30.3 Å². The summed E-state index contributed by atoms with van der Waals surface area (Å²) in [4.78, 5) is 45.7. The van der Waals surface area contributed by atoms with Crippen molar-refractivity contribution >= 4 is 23.8 Å². The zero-order valence-corrected chi connectivity index (χ0v) is 13.3. The molecule has 8 heteroatoms. The summed E-state index contributed by atoms with van der Waals surface area (Å²) >= 11 is 0. The van der Waals surface area contributed by atoms with Gasteiger partial charge in [0.05, 0.1) is 7.11 Å². The van der Waals surface area contributed by atoms with Gasteiger partial charge in [0.2, 0.25) is 5.91 Å². The summed E-state index contributed by atoms with van der Waals surface area (Å²) in [6.45, 7) is 1.10. The molecule has 128 valence electrons. The Labute approximate surface area is 138 Å². The van der Waals surface area contributed by atoms with Crippen LogP contribution in [0.4, 0.5) is 0 Å². The number of carbonyl (C=O) groups excluding carboxylic acids is 4. The molecule has 1 atom stereocenters. The normalized spacial score (nSPS) is 11.4. The molecule has 2 N–H and O–H groups in total. The van der Waals surface area contributed by atoms with Crippen molar-refractivity contribution in [3.05, 3.63) is 48.0 Å². The lowest BCUT2D eigenvalue weighted by Gasteiger charge is -2.14. The Balaban J connectivity index is 2.34. The Morgan fingerprint density at radius 1 is 1.08 bits per heavy atom. The van der Waals surface area contributed by atoms with E-state index in [9.17, 15) is 19.2 Å². The predicted octanol–water partition coefficient (Wildman–Crippen LogP) is 0.151. The summed E-state index contributed by atoms with van der Waals surface area (Å²) in [5.41, 5.74) is 0.427. The maximum Gasteiger partial charge on any atom is 0.332 e. The Morgan fingerprint density at radius 3 is 2.33 bits per heavy atom. The lowest BCUT2D eigenvalue weighted by Crippen LogP contribution is -2.45. The van der Waals surface area contributed by atoms with Crippen molar-refractivity contribution < 1.29 is 28.7 Å². The number of carbonyl (C=O) groups is 4. The van der Waals surface area contributed by atoms with Gasteiger partial charge >= 0.3 is 11.9 Å². The van der Waals surface area contributed by atoms with Gasteiger partial charge in [-0.25, -0.2) is 9.59 Å². The molecular weight excluding hydrogens is 316 g/mol. The molecule has 0 radical (unpaired) electrons. The van der Waals surface area contributed by atoms with Crippen LogP contribution in [0.1, 0.15) is 17.3 Å². The minimum absolute atomic E-state index is 0.392. The molecule has 8 nitrogen and oxygen atoms in total. The van der Waals surface area contributed by atoms with Crippen molar-refractivity contribution in [1.82, 2.24) is 10.6 Å². The van der Waals surface area contributed by atoms with Crippen LogP contribution in [0.5, 0.6) is 0 Å². The molecule has 0 aliphatic carbocycles. The lowest BCUT2D eigenvalue weighted by molar-refractivity contribution is -0.141. The Kier molecular flexibility index (Phi) is 7.69. The third-order valence-corrected chi connectivity index (χ3v) is 2.79. The van der Waals surface area contributed by atoms with E-state index < -0.39 is 36.5 Å². The van der Waals surface area contributed by atoms with Gasteiger partial charge in [-0.1, -0.05) is 18.2 Å². The highest BCUT2D eigenvalue weighted by molar-refractivity contribution is 5.97. The van der Waals surface area contributed by atoms with Gasteiger partial charge in [0.25, 0.3) is 5.91 Å². The van der Waals surface area contributed by atoms with Gasteiger partial charge in [0.1, 0.15) is 6.04 Å². The molecule has 0 aliphatic heterocycles. The molecule has 0 unspecified atom stereocenters. The van der Waals surface area contributed by atoms with E-state index in [1.165, 1.54) is 14.0 Å². The van der Waals surface area contributed by atoms with Gasteiger partial charge in [-0.15, -0.1) is 0 Å². The van der Waals surface area contributed by atoms with Crippen molar-refractivity contribution in [3.8, 4) is 0 Å². The number of ether oxygens (including phenoxy) is 2. The van der Waals surface area contributed by atoms with Crippen LogP contribution in [0.3, 0.4) is 0 Å². The lowest BCUT2D eigenvalue weighted by atomic mass is 10.2. The molecule has 0 saturated heterocycles. The van der Waals surface area contributed by atoms with Gasteiger partial charge in [0, 0.05) is 17.7 Å². The highest BCUT2D eigenvalue weighted by Crippen LogP contribution is 1.98. The molecule has 0 aliphatic rings. The topological polar surface area (TPSA) is 111 Å². The third-order valence-electron chi connectivity index (χ3n) is 2.79. The first-order valence-electron chi connectivity index (χ1n) is 7.00. The Bertz CT molecular complexity index is 627. The van der Waals surface area contributed by atoms with Gasteiger partial charge in [-0.3, -0.25) is 9.59 Å². The van der Waals surface area contributed by atoms with Crippen LogP contribution in [-0.4, -0.2) is 43.6 Å². The van der Waals surface area contributed by atoms with Crippen LogP contribution in [0.25, 0.3) is 0 Å². The highest BCUT2D eigenvalue weighted by Gasteiger charge is 2.16. The number of hydrogen-bond acceptors (Lipinski definition) is 6. The molecule has 1 aromatic carbocycles. The van der Waals surface area contributed by atoms with Crippen LogP contribution < -0.4 is 10.6 Å². The van der Waals surface area contributed by atoms with E-state index in [-0.39, 0.29) is 0 Å². The number of benzene rings is 1. The highest BCUT2D eigenvalue weighted by atomic mass is 16.5. The maximum atomic E-state index is 11.9. The fourth-order valence-corrected chi connectivity index (χ4v) is 1.52. The van der Waals surface area contributed by atoms with Gasteiger partial charge in [-0.05, 0) is 19.1 Å². The van der Waals surface area contributed by atoms with E-state index >= 15 is 0 Å². The number of nitrogens with one attached hydrogen (secondary N) is 2. The zero-order chi connectivity index (χ0) is 17.9.